The molecule has 1 unspecified atom stereocenters. The maximum absolute atomic E-state index is 12.9. The highest BCUT2D eigenvalue weighted by molar-refractivity contribution is 5.99. The summed E-state index contributed by atoms with van der Waals surface area (Å²) in [5.41, 5.74) is 1.89. The Morgan fingerprint density at radius 2 is 1.52 bits per heavy atom. The van der Waals surface area contributed by atoms with Crippen molar-refractivity contribution in [3.8, 4) is 5.75 Å². The van der Waals surface area contributed by atoms with Gasteiger partial charge in [-0.1, -0.05) is 87.1 Å². The summed E-state index contributed by atoms with van der Waals surface area (Å²) in [5.74, 6) is 0.844. The van der Waals surface area contributed by atoms with E-state index < -0.39 is 6.10 Å². The largest absolute Gasteiger partial charge is 0.482 e. The van der Waals surface area contributed by atoms with Crippen molar-refractivity contribution in [3.63, 3.8) is 0 Å². The molecule has 134 valence electrons. The number of hydrogen-bond acceptors (Lipinski definition) is 2. The number of unbranched alkanes of at least 4 members (excludes halogenated alkanes) is 5. The van der Waals surface area contributed by atoms with Crippen molar-refractivity contribution in [2.45, 2.75) is 64.9 Å². The Balaban J connectivity index is 1.98. The molecule has 2 aromatic carbocycles. The molecule has 0 aliphatic carbocycles. The van der Waals surface area contributed by atoms with E-state index in [0.29, 0.717) is 0 Å². The molecule has 0 bridgehead atoms. The number of carbonyl (C=O) groups is 1. The number of rotatable bonds is 11. The Hall–Kier alpha value is -2.09. The number of aryl methyl sites for hydroxylation is 1. The molecule has 0 N–H and O–H groups in total. The van der Waals surface area contributed by atoms with Crippen LogP contribution in [0.1, 0.15) is 67.8 Å². The first kappa shape index (κ1) is 19.2. The van der Waals surface area contributed by atoms with Crippen molar-refractivity contribution in [3.05, 3.63) is 65.7 Å². The van der Waals surface area contributed by atoms with E-state index in [0.717, 1.165) is 36.1 Å². The highest BCUT2D eigenvalue weighted by atomic mass is 16.5. The SMILES string of the molecule is CCCCCCCCC(Oc1ccccc1)C(=O)c1ccc(C)cc1. The van der Waals surface area contributed by atoms with Crippen LogP contribution in [0.5, 0.6) is 5.75 Å². The van der Waals surface area contributed by atoms with Crippen LogP contribution in [0.3, 0.4) is 0 Å². The number of para-hydroxylation sites is 1. The minimum Gasteiger partial charge on any atom is -0.482 e. The second kappa shape index (κ2) is 10.7. The third kappa shape index (κ3) is 6.74. The van der Waals surface area contributed by atoms with Crippen LogP contribution >= 0.6 is 0 Å². The third-order valence-electron chi connectivity index (χ3n) is 4.47. The molecule has 0 aromatic heterocycles. The van der Waals surface area contributed by atoms with Gasteiger partial charge in [0.2, 0.25) is 5.78 Å². The van der Waals surface area contributed by atoms with Crippen LogP contribution in [0.25, 0.3) is 0 Å². The average molecular weight is 338 g/mol. The number of Topliss-reactive ketones (excluding diaryl/α,β-unsaturated/α-hetero) is 1. The van der Waals surface area contributed by atoms with Gasteiger partial charge in [0.1, 0.15) is 5.75 Å². The number of hydrogen-bond donors (Lipinski definition) is 0. The molecular weight excluding hydrogens is 308 g/mol. The van der Waals surface area contributed by atoms with Crippen LogP contribution in [0, 0.1) is 6.92 Å². The number of benzene rings is 2. The van der Waals surface area contributed by atoms with E-state index in [9.17, 15) is 4.79 Å². The number of carbonyl (C=O) groups excluding carboxylic acids is 1. The van der Waals surface area contributed by atoms with Gasteiger partial charge < -0.3 is 4.74 Å². The Labute approximate surface area is 152 Å². The maximum atomic E-state index is 12.9. The van der Waals surface area contributed by atoms with Gasteiger partial charge in [-0.25, -0.2) is 0 Å². The van der Waals surface area contributed by atoms with Gasteiger partial charge in [0.15, 0.2) is 6.10 Å². The van der Waals surface area contributed by atoms with Crippen LogP contribution in [0.15, 0.2) is 54.6 Å². The van der Waals surface area contributed by atoms with Gasteiger partial charge in [0.25, 0.3) is 0 Å². The highest BCUT2D eigenvalue weighted by Gasteiger charge is 2.21. The van der Waals surface area contributed by atoms with E-state index in [1.807, 2.05) is 61.5 Å². The quantitative estimate of drug-likeness (QED) is 0.351. The third-order valence-corrected chi connectivity index (χ3v) is 4.47. The molecule has 0 fully saturated rings. The molecule has 0 heterocycles. The zero-order valence-electron chi connectivity index (χ0n) is 15.5. The van der Waals surface area contributed by atoms with Gasteiger partial charge in [0.05, 0.1) is 0 Å². The van der Waals surface area contributed by atoms with Crippen LogP contribution in [0.2, 0.25) is 0 Å². The molecule has 0 amide bonds. The lowest BCUT2D eigenvalue weighted by atomic mass is 9.99. The first-order chi connectivity index (χ1) is 12.2. The fourth-order valence-corrected chi connectivity index (χ4v) is 2.92. The lowest BCUT2D eigenvalue weighted by Crippen LogP contribution is -2.27. The molecule has 0 saturated carbocycles. The van der Waals surface area contributed by atoms with Crippen LogP contribution in [-0.4, -0.2) is 11.9 Å². The molecule has 1 atom stereocenters. The zero-order valence-corrected chi connectivity index (χ0v) is 15.5. The molecule has 0 spiro atoms. The van der Waals surface area contributed by atoms with Gasteiger partial charge in [-0.05, 0) is 31.9 Å². The molecule has 2 aromatic rings. The summed E-state index contributed by atoms with van der Waals surface area (Å²) in [5, 5.41) is 0. The summed E-state index contributed by atoms with van der Waals surface area (Å²) in [4.78, 5) is 12.9. The Kier molecular flexibility index (Phi) is 8.24. The summed E-state index contributed by atoms with van der Waals surface area (Å²) >= 11 is 0. The average Bonchev–Trinajstić information content (AvgIpc) is 2.64. The predicted molar refractivity (Wildman–Crippen MR) is 104 cm³/mol. The standard InChI is InChI=1S/C23H30O2/c1-3-4-5-6-7-11-14-22(25-21-12-9-8-10-13-21)23(24)20-17-15-19(2)16-18-20/h8-10,12-13,15-18,22H,3-7,11,14H2,1-2H3. The zero-order chi connectivity index (χ0) is 17.9. The lowest BCUT2D eigenvalue weighted by Gasteiger charge is -2.18. The predicted octanol–water partition coefficient (Wildman–Crippen LogP) is 6.38. The molecule has 0 radical (unpaired) electrons. The molecule has 0 aliphatic rings. The van der Waals surface area contributed by atoms with Crippen molar-refractivity contribution in [2.75, 3.05) is 0 Å². The smallest absolute Gasteiger partial charge is 0.203 e. The second-order valence-electron chi connectivity index (χ2n) is 6.71. The molecular formula is C23H30O2. The molecule has 0 saturated heterocycles. The van der Waals surface area contributed by atoms with Crippen molar-refractivity contribution in [1.29, 1.82) is 0 Å². The van der Waals surface area contributed by atoms with Crippen LogP contribution < -0.4 is 4.74 Å². The summed E-state index contributed by atoms with van der Waals surface area (Å²) in [6.07, 6.45) is 7.63. The fourth-order valence-electron chi connectivity index (χ4n) is 2.92. The summed E-state index contributed by atoms with van der Waals surface area (Å²) in [6.45, 7) is 4.26. The van der Waals surface area contributed by atoms with Crippen molar-refractivity contribution in [2.24, 2.45) is 0 Å². The van der Waals surface area contributed by atoms with Gasteiger partial charge in [-0.3, -0.25) is 4.79 Å². The topological polar surface area (TPSA) is 26.3 Å². The molecule has 0 aliphatic heterocycles. The molecule has 2 nitrogen and oxygen atoms in total. The monoisotopic (exact) mass is 338 g/mol. The molecule has 2 heteroatoms. The first-order valence-electron chi connectivity index (χ1n) is 9.53. The van der Waals surface area contributed by atoms with E-state index in [1.54, 1.807) is 0 Å². The number of ether oxygens (including phenoxy) is 1. The normalized spacial score (nSPS) is 11.9. The minimum absolute atomic E-state index is 0.0809. The van der Waals surface area contributed by atoms with Gasteiger partial charge >= 0.3 is 0 Å². The van der Waals surface area contributed by atoms with Crippen molar-refractivity contribution >= 4 is 5.78 Å². The lowest BCUT2D eigenvalue weighted by molar-refractivity contribution is 0.0774. The van der Waals surface area contributed by atoms with E-state index >= 15 is 0 Å². The Morgan fingerprint density at radius 3 is 2.20 bits per heavy atom. The van der Waals surface area contributed by atoms with E-state index in [2.05, 4.69) is 6.92 Å². The highest BCUT2D eigenvalue weighted by Crippen LogP contribution is 2.19. The Bertz CT molecular complexity index is 616. The number of ketones is 1. The van der Waals surface area contributed by atoms with Crippen LogP contribution in [-0.2, 0) is 0 Å². The van der Waals surface area contributed by atoms with Crippen molar-refractivity contribution in [1.82, 2.24) is 0 Å². The van der Waals surface area contributed by atoms with Crippen molar-refractivity contribution < 1.29 is 9.53 Å². The van der Waals surface area contributed by atoms with E-state index in [4.69, 9.17) is 4.74 Å². The first-order valence-corrected chi connectivity index (χ1v) is 9.53. The molecule has 2 rings (SSSR count). The minimum atomic E-state index is -0.406. The summed E-state index contributed by atoms with van der Waals surface area (Å²) in [7, 11) is 0. The maximum Gasteiger partial charge on any atom is 0.203 e. The van der Waals surface area contributed by atoms with Gasteiger partial charge in [-0.15, -0.1) is 0 Å². The van der Waals surface area contributed by atoms with Gasteiger partial charge in [-0.2, -0.15) is 0 Å². The summed E-state index contributed by atoms with van der Waals surface area (Å²) in [6, 6.07) is 17.4. The Morgan fingerprint density at radius 1 is 0.880 bits per heavy atom. The van der Waals surface area contributed by atoms with Gasteiger partial charge in [0, 0.05) is 5.56 Å². The van der Waals surface area contributed by atoms with E-state index in [-0.39, 0.29) is 5.78 Å². The van der Waals surface area contributed by atoms with E-state index in [1.165, 1.54) is 25.7 Å². The van der Waals surface area contributed by atoms with Crippen LogP contribution in [0.4, 0.5) is 0 Å². The molecule has 25 heavy (non-hydrogen) atoms. The summed E-state index contributed by atoms with van der Waals surface area (Å²) < 4.78 is 6.04. The fraction of sp³-hybridized carbons (Fsp3) is 0.435. The second-order valence-corrected chi connectivity index (χ2v) is 6.71.